The minimum absolute atomic E-state index is 0.122. The molecule has 0 aromatic rings. The second-order valence-corrected chi connectivity index (χ2v) is 2.32. The number of hydrogen-bond acceptors (Lipinski definition) is 2. The highest BCUT2D eigenvalue weighted by atomic mass is 19.1. The molecule has 0 aromatic carbocycles. The third-order valence-corrected chi connectivity index (χ3v) is 1.36. The van der Waals surface area contributed by atoms with E-state index >= 15 is 0 Å². The number of alkyl halides is 1. The third kappa shape index (κ3) is 4.72. The van der Waals surface area contributed by atoms with Gasteiger partial charge in [0.25, 0.3) is 0 Å². The molecule has 11 heavy (non-hydrogen) atoms. The maximum absolute atomic E-state index is 11.6. The molecule has 0 aliphatic carbocycles. The Morgan fingerprint density at radius 3 is 2.73 bits per heavy atom. The fourth-order valence-electron chi connectivity index (χ4n) is 0.830. The monoisotopic (exact) mass is 163 g/mol. The topological polar surface area (TPSA) is 49.3 Å². The molecular weight excluding hydrogens is 149 g/mol. The van der Waals surface area contributed by atoms with Crippen LogP contribution < -0.4 is 5.32 Å². The van der Waals surface area contributed by atoms with Gasteiger partial charge in [-0.3, -0.25) is 4.79 Å². The van der Waals surface area contributed by atoms with Crippen LogP contribution in [0.15, 0.2) is 0 Å². The first-order valence-electron chi connectivity index (χ1n) is 3.74. The summed E-state index contributed by atoms with van der Waals surface area (Å²) in [5.41, 5.74) is 0. The Labute approximate surface area is 65.6 Å². The molecule has 0 fully saturated rings. The van der Waals surface area contributed by atoms with Gasteiger partial charge >= 0.3 is 5.97 Å². The summed E-state index contributed by atoms with van der Waals surface area (Å²) in [6.07, 6.45) is 1.34. The van der Waals surface area contributed by atoms with Crippen molar-refractivity contribution in [1.29, 1.82) is 0 Å². The molecule has 0 amide bonds. The Morgan fingerprint density at radius 1 is 1.73 bits per heavy atom. The molecular formula is C7H14FNO2. The van der Waals surface area contributed by atoms with E-state index in [9.17, 15) is 9.18 Å². The molecule has 0 heterocycles. The van der Waals surface area contributed by atoms with Crippen LogP contribution in [0, 0.1) is 0 Å². The summed E-state index contributed by atoms with van der Waals surface area (Å²) in [5.74, 6) is -0.902. The van der Waals surface area contributed by atoms with Gasteiger partial charge in [-0.15, -0.1) is 0 Å². The Hall–Kier alpha value is -0.640. The minimum atomic E-state index is -0.902. The van der Waals surface area contributed by atoms with Crippen LogP contribution in [0.2, 0.25) is 0 Å². The van der Waals surface area contributed by atoms with Crippen molar-refractivity contribution in [2.75, 3.05) is 13.2 Å². The molecule has 1 atom stereocenters. The molecule has 3 nitrogen and oxygen atoms in total. The van der Waals surface area contributed by atoms with Gasteiger partial charge in [-0.1, -0.05) is 13.3 Å². The average molecular weight is 163 g/mol. The number of carbonyl (C=O) groups is 1. The molecule has 4 heteroatoms. The summed E-state index contributed by atoms with van der Waals surface area (Å²) in [6.45, 7) is 1.50. The van der Waals surface area contributed by atoms with E-state index in [0.29, 0.717) is 6.42 Å². The standard InChI is InChI=1S/C7H14FNO2/c1-2-3-6(7(10)11)9-5-4-8/h6,9H,2-5H2,1H3,(H,10,11). The van der Waals surface area contributed by atoms with Gasteiger partial charge in [-0.05, 0) is 6.42 Å². The van der Waals surface area contributed by atoms with Crippen LogP contribution in [0.3, 0.4) is 0 Å². The zero-order valence-electron chi connectivity index (χ0n) is 6.64. The molecule has 66 valence electrons. The lowest BCUT2D eigenvalue weighted by molar-refractivity contribution is -0.139. The fourth-order valence-corrected chi connectivity index (χ4v) is 0.830. The normalized spacial score (nSPS) is 12.9. The molecule has 2 N–H and O–H groups in total. The average Bonchev–Trinajstić information content (AvgIpc) is 1.97. The number of halogens is 1. The van der Waals surface area contributed by atoms with Gasteiger partial charge < -0.3 is 10.4 Å². The van der Waals surface area contributed by atoms with Gasteiger partial charge in [0.05, 0.1) is 0 Å². The summed E-state index contributed by atoms with van der Waals surface area (Å²) in [4.78, 5) is 10.4. The Morgan fingerprint density at radius 2 is 2.36 bits per heavy atom. The zero-order chi connectivity index (χ0) is 8.69. The number of carboxylic acid groups (broad SMARTS) is 1. The SMILES string of the molecule is CCCC(NCCF)C(=O)O. The first-order chi connectivity index (χ1) is 5.22. The lowest BCUT2D eigenvalue weighted by atomic mass is 10.2. The number of hydrogen-bond donors (Lipinski definition) is 2. The molecule has 1 unspecified atom stereocenters. The molecule has 0 saturated heterocycles. The summed E-state index contributed by atoms with van der Waals surface area (Å²) in [7, 11) is 0. The summed E-state index contributed by atoms with van der Waals surface area (Å²) < 4.78 is 11.6. The predicted octanol–water partition coefficient (Wildman–Crippen LogP) is 0.799. The minimum Gasteiger partial charge on any atom is -0.480 e. The van der Waals surface area contributed by atoms with Crippen LogP contribution in [-0.2, 0) is 4.79 Å². The van der Waals surface area contributed by atoms with Gasteiger partial charge in [-0.2, -0.15) is 0 Å². The number of carboxylic acids is 1. The van der Waals surface area contributed by atoms with E-state index in [2.05, 4.69) is 5.32 Å². The van der Waals surface area contributed by atoms with Crippen LogP contribution in [-0.4, -0.2) is 30.3 Å². The van der Waals surface area contributed by atoms with Crippen molar-refractivity contribution in [3.05, 3.63) is 0 Å². The maximum Gasteiger partial charge on any atom is 0.320 e. The largest absolute Gasteiger partial charge is 0.480 e. The number of aliphatic carboxylic acids is 1. The van der Waals surface area contributed by atoms with E-state index in [1.54, 1.807) is 0 Å². The highest BCUT2D eigenvalue weighted by molar-refractivity contribution is 5.73. The molecule has 0 bridgehead atoms. The second kappa shape index (κ2) is 6.09. The Balaban J connectivity index is 3.60. The molecule has 0 spiro atoms. The van der Waals surface area contributed by atoms with E-state index in [4.69, 9.17) is 5.11 Å². The summed E-state index contributed by atoms with van der Waals surface area (Å²) in [5, 5.41) is 11.1. The van der Waals surface area contributed by atoms with Crippen molar-refractivity contribution in [3.63, 3.8) is 0 Å². The second-order valence-electron chi connectivity index (χ2n) is 2.32. The number of rotatable bonds is 6. The predicted molar refractivity (Wildman–Crippen MR) is 40.3 cm³/mol. The molecule has 0 rings (SSSR count). The van der Waals surface area contributed by atoms with E-state index in [1.807, 2.05) is 6.92 Å². The van der Waals surface area contributed by atoms with Gasteiger partial charge in [0, 0.05) is 6.54 Å². The van der Waals surface area contributed by atoms with Crippen LogP contribution >= 0.6 is 0 Å². The molecule has 0 saturated carbocycles. The van der Waals surface area contributed by atoms with E-state index in [1.165, 1.54) is 0 Å². The van der Waals surface area contributed by atoms with Crippen LogP contribution in [0.4, 0.5) is 4.39 Å². The van der Waals surface area contributed by atoms with Crippen LogP contribution in [0.5, 0.6) is 0 Å². The fraction of sp³-hybridized carbons (Fsp3) is 0.857. The highest BCUT2D eigenvalue weighted by Gasteiger charge is 2.13. The summed E-state index contributed by atoms with van der Waals surface area (Å²) in [6, 6.07) is -0.587. The van der Waals surface area contributed by atoms with E-state index in [-0.39, 0.29) is 6.54 Å². The summed E-state index contributed by atoms with van der Waals surface area (Å²) >= 11 is 0. The van der Waals surface area contributed by atoms with Crippen molar-refractivity contribution in [3.8, 4) is 0 Å². The first kappa shape index (κ1) is 10.4. The Kier molecular flexibility index (Phi) is 5.74. The van der Waals surface area contributed by atoms with E-state index in [0.717, 1.165) is 6.42 Å². The third-order valence-electron chi connectivity index (χ3n) is 1.36. The molecule has 0 aliphatic heterocycles. The molecule has 0 aromatic heterocycles. The van der Waals surface area contributed by atoms with Crippen molar-refractivity contribution in [2.45, 2.75) is 25.8 Å². The number of nitrogens with one attached hydrogen (secondary N) is 1. The van der Waals surface area contributed by atoms with Crippen molar-refractivity contribution in [2.24, 2.45) is 0 Å². The van der Waals surface area contributed by atoms with Gasteiger partial charge in [0.1, 0.15) is 12.7 Å². The van der Waals surface area contributed by atoms with E-state index < -0.39 is 18.7 Å². The van der Waals surface area contributed by atoms with Gasteiger partial charge in [0.2, 0.25) is 0 Å². The molecule has 0 aliphatic rings. The highest BCUT2D eigenvalue weighted by Crippen LogP contribution is 1.95. The maximum atomic E-state index is 11.6. The lowest BCUT2D eigenvalue weighted by Crippen LogP contribution is -2.37. The Bertz CT molecular complexity index is 119. The van der Waals surface area contributed by atoms with Crippen LogP contribution in [0.25, 0.3) is 0 Å². The quantitative estimate of drug-likeness (QED) is 0.609. The smallest absolute Gasteiger partial charge is 0.320 e. The van der Waals surface area contributed by atoms with Crippen molar-refractivity contribution >= 4 is 5.97 Å². The first-order valence-corrected chi connectivity index (χ1v) is 3.74. The van der Waals surface area contributed by atoms with Crippen molar-refractivity contribution < 1.29 is 14.3 Å². The van der Waals surface area contributed by atoms with Crippen LogP contribution in [0.1, 0.15) is 19.8 Å². The van der Waals surface area contributed by atoms with Crippen molar-refractivity contribution in [1.82, 2.24) is 5.32 Å². The van der Waals surface area contributed by atoms with Gasteiger partial charge in [0.15, 0.2) is 0 Å². The van der Waals surface area contributed by atoms with Gasteiger partial charge in [-0.25, -0.2) is 4.39 Å². The molecule has 0 radical (unpaired) electrons. The zero-order valence-corrected chi connectivity index (χ0v) is 6.64. The lowest BCUT2D eigenvalue weighted by Gasteiger charge is -2.11.